The van der Waals surface area contributed by atoms with Crippen molar-refractivity contribution in [1.82, 2.24) is 19.8 Å². The van der Waals surface area contributed by atoms with E-state index in [0.717, 1.165) is 63.2 Å². The Hall–Kier alpha value is -1.59. The van der Waals surface area contributed by atoms with Gasteiger partial charge in [0.15, 0.2) is 0 Å². The first-order valence-corrected chi connectivity index (χ1v) is 10.1. The van der Waals surface area contributed by atoms with Crippen LogP contribution in [0, 0.1) is 5.92 Å². The number of carbonyl (C=O) groups excluding carboxylic acids is 1. The summed E-state index contributed by atoms with van der Waals surface area (Å²) in [6, 6.07) is 8.76. The van der Waals surface area contributed by atoms with E-state index in [1.54, 1.807) is 0 Å². The third-order valence-electron chi connectivity index (χ3n) is 5.93. The number of fused-ring (bicyclic) bond motifs is 1. The Labute approximate surface area is 167 Å². The maximum absolute atomic E-state index is 13.0. The fourth-order valence-corrected chi connectivity index (χ4v) is 4.61. The summed E-state index contributed by atoms with van der Waals surface area (Å²) in [5, 5.41) is 3.36. The van der Waals surface area contributed by atoms with Gasteiger partial charge in [0.2, 0.25) is 5.91 Å². The molecule has 0 aliphatic carbocycles. The van der Waals surface area contributed by atoms with Crippen molar-refractivity contribution in [1.29, 1.82) is 0 Å². The molecule has 27 heavy (non-hydrogen) atoms. The number of benzene rings is 1. The second-order valence-corrected chi connectivity index (χ2v) is 8.07. The van der Waals surface area contributed by atoms with Gasteiger partial charge in [0.25, 0.3) is 0 Å². The number of hydrogen-bond donors (Lipinski definition) is 1. The van der Waals surface area contributed by atoms with E-state index in [1.807, 2.05) is 0 Å². The summed E-state index contributed by atoms with van der Waals surface area (Å²) >= 11 is 0. The molecule has 1 atom stereocenters. The number of imidazole rings is 1. The Morgan fingerprint density at radius 3 is 2.67 bits per heavy atom. The standard InChI is InChI=1S/C21H30N4O.ClH/c1-15(2)25-19-8-4-3-7-18(19)23-20(25)17-6-5-13-24(14-17)21(26)16-9-11-22-12-10-16;/h3-4,7-8,15-17,22H,5-6,9-14H2,1-2H3;1H. The lowest BCUT2D eigenvalue weighted by Crippen LogP contribution is -2.45. The molecule has 1 unspecified atom stereocenters. The number of hydrogen-bond acceptors (Lipinski definition) is 3. The van der Waals surface area contributed by atoms with Crippen LogP contribution in [-0.2, 0) is 4.79 Å². The van der Waals surface area contributed by atoms with Gasteiger partial charge in [-0.1, -0.05) is 12.1 Å². The molecule has 148 valence electrons. The number of halogens is 1. The number of carbonyl (C=O) groups is 1. The summed E-state index contributed by atoms with van der Waals surface area (Å²) < 4.78 is 2.37. The maximum atomic E-state index is 13.0. The molecule has 1 N–H and O–H groups in total. The average molecular weight is 391 g/mol. The van der Waals surface area contributed by atoms with Crippen molar-refractivity contribution >= 4 is 29.3 Å². The van der Waals surface area contributed by atoms with Crippen LogP contribution in [0.15, 0.2) is 24.3 Å². The lowest BCUT2D eigenvalue weighted by Gasteiger charge is -2.36. The molecule has 5 nitrogen and oxygen atoms in total. The lowest BCUT2D eigenvalue weighted by atomic mass is 9.92. The van der Waals surface area contributed by atoms with E-state index in [4.69, 9.17) is 4.98 Å². The Morgan fingerprint density at radius 2 is 1.93 bits per heavy atom. The molecule has 1 aromatic heterocycles. The molecule has 1 amide bonds. The number of piperidine rings is 2. The summed E-state index contributed by atoms with van der Waals surface area (Å²) in [7, 11) is 0. The molecule has 4 rings (SSSR count). The Bertz CT molecular complexity index is 782. The average Bonchev–Trinajstić information content (AvgIpc) is 3.08. The zero-order valence-electron chi connectivity index (χ0n) is 16.4. The first-order chi connectivity index (χ1) is 12.6. The van der Waals surface area contributed by atoms with Crippen molar-refractivity contribution in [3.05, 3.63) is 30.1 Å². The monoisotopic (exact) mass is 390 g/mol. The lowest BCUT2D eigenvalue weighted by molar-refractivity contribution is -0.137. The van der Waals surface area contributed by atoms with E-state index < -0.39 is 0 Å². The van der Waals surface area contributed by atoms with Gasteiger partial charge in [-0.2, -0.15) is 0 Å². The normalized spacial score (nSPS) is 21.4. The number of nitrogens with zero attached hydrogens (tertiary/aromatic N) is 3. The van der Waals surface area contributed by atoms with Gasteiger partial charge in [-0.25, -0.2) is 4.98 Å². The van der Waals surface area contributed by atoms with Gasteiger partial charge in [-0.15, -0.1) is 12.4 Å². The molecule has 2 fully saturated rings. The molecule has 2 aliphatic rings. The molecule has 0 bridgehead atoms. The number of nitrogens with one attached hydrogen (secondary N) is 1. The number of para-hydroxylation sites is 2. The molecule has 2 aliphatic heterocycles. The topological polar surface area (TPSA) is 50.2 Å². The smallest absolute Gasteiger partial charge is 0.225 e. The van der Waals surface area contributed by atoms with Crippen molar-refractivity contribution in [2.45, 2.75) is 51.5 Å². The SMILES string of the molecule is CC(C)n1c(C2CCCN(C(=O)C3CCNCC3)C2)nc2ccccc21.Cl. The summed E-state index contributed by atoms with van der Waals surface area (Å²) in [4.78, 5) is 20.1. The second kappa shape index (κ2) is 8.61. The summed E-state index contributed by atoms with van der Waals surface area (Å²) in [5.74, 6) is 2.07. The van der Waals surface area contributed by atoms with Gasteiger partial charge in [0.05, 0.1) is 11.0 Å². The third-order valence-corrected chi connectivity index (χ3v) is 5.93. The zero-order chi connectivity index (χ0) is 18.1. The summed E-state index contributed by atoms with van der Waals surface area (Å²) in [5.41, 5.74) is 2.28. The highest BCUT2D eigenvalue weighted by atomic mass is 35.5. The van der Waals surface area contributed by atoms with E-state index in [0.29, 0.717) is 17.9 Å². The molecule has 1 aromatic carbocycles. The summed E-state index contributed by atoms with van der Waals surface area (Å²) in [6.45, 7) is 8.10. The van der Waals surface area contributed by atoms with Crippen LogP contribution in [0.25, 0.3) is 11.0 Å². The van der Waals surface area contributed by atoms with Crippen LogP contribution in [0.3, 0.4) is 0 Å². The van der Waals surface area contributed by atoms with E-state index in [-0.39, 0.29) is 18.3 Å². The minimum atomic E-state index is 0. The third kappa shape index (κ3) is 3.99. The van der Waals surface area contributed by atoms with Crippen LogP contribution in [0.5, 0.6) is 0 Å². The van der Waals surface area contributed by atoms with E-state index in [9.17, 15) is 4.79 Å². The molecule has 6 heteroatoms. The molecule has 0 saturated carbocycles. The molecule has 2 saturated heterocycles. The number of likely N-dealkylation sites (tertiary alicyclic amines) is 1. The van der Waals surface area contributed by atoms with E-state index in [2.05, 4.69) is 52.9 Å². The zero-order valence-corrected chi connectivity index (χ0v) is 17.2. The van der Waals surface area contributed by atoms with Gasteiger partial charge in [-0.05, 0) is 64.8 Å². The van der Waals surface area contributed by atoms with Crippen molar-refractivity contribution < 1.29 is 4.79 Å². The Morgan fingerprint density at radius 1 is 1.19 bits per heavy atom. The number of amides is 1. The van der Waals surface area contributed by atoms with Crippen LogP contribution in [0.2, 0.25) is 0 Å². The van der Waals surface area contributed by atoms with Crippen molar-refractivity contribution in [3.63, 3.8) is 0 Å². The first kappa shape index (κ1) is 20.2. The van der Waals surface area contributed by atoms with E-state index in [1.165, 1.54) is 5.52 Å². The highest BCUT2D eigenvalue weighted by Gasteiger charge is 2.32. The summed E-state index contributed by atoms with van der Waals surface area (Å²) in [6.07, 6.45) is 4.14. The predicted molar refractivity (Wildman–Crippen MR) is 112 cm³/mol. The fourth-order valence-electron chi connectivity index (χ4n) is 4.61. The molecular weight excluding hydrogens is 360 g/mol. The van der Waals surface area contributed by atoms with Crippen molar-refractivity contribution in [3.8, 4) is 0 Å². The largest absolute Gasteiger partial charge is 0.342 e. The Balaban J connectivity index is 0.00000210. The fraction of sp³-hybridized carbons (Fsp3) is 0.619. The number of aromatic nitrogens is 2. The predicted octanol–water partition coefficient (Wildman–Crippen LogP) is 3.74. The van der Waals surface area contributed by atoms with Gasteiger partial charge < -0.3 is 14.8 Å². The minimum Gasteiger partial charge on any atom is -0.342 e. The van der Waals surface area contributed by atoms with Crippen LogP contribution in [0.4, 0.5) is 0 Å². The first-order valence-electron chi connectivity index (χ1n) is 10.1. The van der Waals surface area contributed by atoms with Gasteiger partial charge in [0.1, 0.15) is 5.82 Å². The van der Waals surface area contributed by atoms with E-state index >= 15 is 0 Å². The number of rotatable bonds is 3. The van der Waals surface area contributed by atoms with Crippen LogP contribution in [0.1, 0.15) is 57.3 Å². The molecule has 0 spiro atoms. The highest BCUT2D eigenvalue weighted by Crippen LogP contribution is 2.32. The van der Waals surface area contributed by atoms with Crippen LogP contribution < -0.4 is 5.32 Å². The highest BCUT2D eigenvalue weighted by molar-refractivity contribution is 5.85. The van der Waals surface area contributed by atoms with Crippen LogP contribution in [-0.4, -0.2) is 46.5 Å². The van der Waals surface area contributed by atoms with Crippen LogP contribution >= 0.6 is 12.4 Å². The minimum absolute atomic E-state index is 0. The molecular formula is C21H31ClN4O. The van der Waals surface area contributed by atoms with Gasteiger partial charge in [0, 0.05) is 31.0 Å². The molecule has 0 radical (unpaired) electrons. The molecule has 2 aromatic rings. The van der Waals surface area contributed by atoms with Crippen molar-refractivity contribution in [2.75, 3.05) is 26.2 Å². The molecule has 3 heterocycles. The van der Waals surface area contributed by atoms with Gasteiger partial charge in [-0.3, -0.25) is 4.79 Å². The second-order valence-electron chi connectivity index (χ2n) is 8.07. The Kier molecular flexibility index (Phi) is 6.43. The quantitative estimate of drug-likeness (QED) is 0.868. The van der Waals surface area contributed by atoms with Crippen molar-refractivity contribution in [2.24, 2.45) is 5.92 Å². The van der Waals surface area contributed by atoms with Gasteiger partial charge >= 0.3 is 0 Å². The maximum Gasteiger partial charge on any atom is 0.225 e.